The van der Waals surface area contributed by atoms with E-state index in [2.05, 4.69) is 4.90 Å². The third-order valence-corrected chi connectivity index (χ3v) is 3.88. The van der Waals surface area contributed by atoms with Gasteiger partial charge in [-0.05, 0) is 44.1 Å². The van der Waals surface area contributed by atoms with Gasteiger partial charge in [-0.15, -0.1) is 11.6 Å². The van der Waals surface area contributed by atoms with E-state index in [1.54, 1.807) is 0 Å². The Bertz CT molecular complexity index is 180. The number of hydrogen-bond donors (Lipinski definition) is 0. The van der Waals surface area contributed by atoms with E-state index in [9.17, 15) is 0 Å². The van der Waals surface area contributed by atoms with Crippen molar-refractivity contribution in [3.63, 3.8) is 0 Å². The van der Waals surface area contributed by atoms with Crippen molar-refractivity contribution < 1.29 is 4.74 Å². The van der Waals surface area contributed by atoms with Crippen LogP contribution in [0.15, 0.2) is 0 Å². The second kappa shape index (κ2) is 6.07. The lowest BCUT2D eigenvalue weighted by Crippen LogP contribution is -2.38. The van der Waals surface area contributed by atoms with E-state index in [0.29, 0.717) is 0 Å². The number of rotatable bonds is 4. The first-order valence-corrected chi connectivity index (χ1v) is 6.78. The first-order valence-electron chi connectivity index (χ1n) is 6.24. The molecule has 88 valence electrons. The average molecular weight is 232 g/mol. The maximum Gasteiger partial charge on any atom is 0.0507 e. The van der Waals surface area contributed by atoms with E-state index < -0.39 is 0 Å². The van der Waals surface area contributed by atoms with Gasteiger partial charge in [0.15, 0.2) is 0 Å². The molecule has 0 spiro atoms. The summed E-state index contributed by atoms with van der Waals surface area (Å²) in [7, 11) is 0. The van der Waals surface area contributed by atoms with Gasteiger partial charge in [0, 0.05) is 25.6 Å². The minimum absolute atomic E-state index is 0.791. The van der Waals surface area contributed by atoms with Gasteiger partial charge in [-0.3, -0.25) is 0 Å². The van der Waals surface area contributed by atoms with Crippen LogP contribution < -0.4 is 0 Å². The van der Waals surface area contributed by atoms with Gasteiger partial charge in [0.25, 0.3) is 0 Å². The Morgan fingerprint density at radius 3 is 2.93 bits per heavy atom. The maximum atomic E-state index is 5.81. The van der Waals surface area contributed by atoms with Crippen LogP contribution in [0.3, 0.4) is 0 Å². The van der Waals surface area contributed by atoms with E-state index >= 15 is 0 Å². The highest BCUT2D eigenvalue weighted by Crippen LogP contribution is 2.22. The van der Waals surface area contributed by atoms with Crippen molar-refractivity contribution in [1.29, 1.82) is 0 Å². The van der Waals surface area contributed by atoms with Crippen molar-refractivity contribution >= 4 is 11.6 Å². The van der Waals surface area contributed by atoms with E-state index in [1.165, 1.54) is 45.3 Å². The van der Waals surface area contributed by atoms with Crippen LogP contribution in [0.5, 0.6) is 0 Å². The summed E-state index contributed by atoms with van der Waals surface area (Å²) >= 11 is 5.81. The summed E-state index contributed by atoms with van der Waals surface area (Å²) in [5, 5.41) is 0. The molecule has 2 saturated heterocycles. The van der Waals surface area contributed by atoms with Gasteiger partial charge in [0.2, 0.25) is 0 Å². The highest BCUT2D eigenvalue weighted by Gasteiger charge is 2.23. The minimum Gasteiger partial charge on any atom is -0.381 e. The van der Waals surface area contributed by atoms with Crippen LogP contribution >= 0.6 is 11.6 Å². The van der Waals surface area contributed by atoms with Crippen LogP contribution in [0.25, 0.3) is 0 Å². The maximum absolute atomic E-state index is 5.81. The lowest BCUT2D eigenvalue weighted by atomic mass is 9.94. The molecule has 2 aliphatic heterocycles. The molecule has 0 aromatic heterocycles. The second-order valence-electron chi connectivity index (χ2n) is 4.98. The molecule has 0 radical (unpaired) electrons. The molecule has 0 saturated carbocycles. The van der Waals surface area contributed by atoms with Crippen LogP contribution in [-0.2, 0) is 4.74 Å². The van der Waals surface area contributed by atoms with Gasteiger partial charge in [-0.25, -0.2) is 0 Å². The molecule has 2 heterocycles. The van der Waals surface area contributed by atoms with Crippen LogP contribution in [0.1, 0.15) is 25.7 Å². The summed E-state index contributed by atoms with van der Waals surface area (Å²) in [5.74, 6) is 2.46. The lowest BCUT2D eigenvalue weighted by molar-refractivity contribution is 0.133. The van der Waals surface area contributed by atoms with E-state index in [1.807, 2.05) is 0 Å². The molecule has 0 aromatic rings. The fraction of sp³-hybridized carbons (Fsp3) is 1.00. The molecule has 0 aromatic carbocycles. The predicted molar refractivity (Wildman–Crippen MR) is 63.4 cm³/mol. The number of alkyl halides is 1. The largest absolute Gasteiger partial charge is 0.381 e. The molecule has 2 rings (SSSR count). The van der Waals surface area contributed by atoms with Crippen molar-refractivity contribution in [2.75, 3.05) is 38.7 Å². The summed E-state index contributed by atoms with van der Waals surface area (Å²) in [4.78, 5) is 2.63. The van der Waals surface area contributed by atoms with Crippen LogP contribution in [-0.4, -0.2) is 43.6 Å². The molecule has 2 nitrogen and oxygen atoms in total. The topological polar surface area (TPSA) is 12.5 Å². The number of halogens is 1. The zero-order chi connectivity index (χ0) is 10.5. The molecule has 0 bridgehead atoms. The molecule has 0 amide bonds. The molecule has 0 aliphatic carbocycles. The van der Waals surface area contributed by atoms with Gasteiger partial charge in [0.1, 0.15) is 0 Å². The Morgan fingerprint density at radius 2 is 2.20 bits per heavy atom. The van der Waals surface area contributed by atoms with Crippen molar-refractivity contribution in [2.45, 2.75) is 25.7 Å². The smallest absolute Gasteiger partial charge is 0.0507 e. The van der Waals surface area contributed by atoms with Crippen molar-refractivity contribution in [1.82, 2.24) is 4.90 Å². The molecule has 2 aliphatic rings. The fourth-order valence-corrected chi connectivity index (χ4v) is 3.11. The predicted octanol–water partition coefficient (Wildman–Crippen LogP) is 2.36. The lowest BCUT2D eigenvalue weighted by Gasteiger charge is -2.33. The first-order chi connectivity index (χ1) is 7.38. The third kappa shape index (κ3) is 3.61. The Kier molecular flexibility index (Phi) is 4.73. The number of likely N-dealkylation sites (tertiary alicyclic amines) is 1. The zero-order valence-electron chi connectivity index (χ0n) is 9.46. The normalized spacial score (nSPS) is 33.4. The Morgan fingerprint density at radius 1 is 1.27 bits per heavy atom. The van der Waals surface area contributed by atoms with Crippen LogP contribution in [0.2, 0.25) is 0 Å². The number of ether oxygens (including phenoxy) is 1. The van der Waals surface area contributed by atoms with Gasteiger partial charge in [-0.1, -0.05) is 0 Å². The van der Waals surface area contributed by atoms with Crippen molar-refractivity contribution in [3.8, 4) is 0 Å². The molecule has 0 N–H and O–H groups in total. The first kappa shape index (κ1) is 11.7. The van der Waals surface area contributed by atoms with Gasteiger partial charge in [-0.2, -0.15) is 0 Å². The van der Waals surface area contributed by atoms with E-state index in [4.69, 9.17) is 16.3 Å². The molecule has 2 unspecified atom stereocenters. The third-order valence-electron chi connectivity index (χ3n) is 3.66. The minimum atomic E-state index is 0.791. The molecular weight excluding hydrogens is 210 g/mol. The summed E-state index contributed by atoms with van der Waals surface area (Å²) in [6, 6.07) is 0. The average Bonchev–Trinajstić information content (AvgIpc) is 2.71. The van der Waals surface area contributed by atoms with E-state index in [0.717, 1.165) is 30.9 Å². The number of hydrogen-bond acceptors (Lipinski definition) is 2. The summed E-state index contributed by atoms with van der Waals surface area (Å²) in [5.41, 5.74) is 0. The molecule has 3 heteroatoms. The molecular formula is C12H22ClNO. The van der Waals surface area contributed by atoms with Gasteiger partial charge < -0.3 is 9.64 Å². The van der Waals surface area contributed by atoms with Crippen molar-refractivity contribution in [2.24, 2.45) is 11.8 Å². The van der Waals surface area contributed by atoms with Crippen LogP contribution in [0, 0.1) is 11.8 Å². The highest BCUT2D eigenvalue weighted by atomic mass is 35.5. The summed E-state index contributed by atoms with van der Waals surface area (Å²) in [6.45, 7) is 5.76. The monoisotopic (exact) mass is 231 g/mol. The Labute approximate surface area is 97.9 Å². The van der Waals surface area contributed by atoms with E-state index in [-0.39, 0.29) is 0 Å². The van der Waals surface area contributed by atoms with Crippen molar-refractivity contribution in [3.05, 3.63) is 0 Å². The summed E-state index contributed by atoms with van der Waals surface area (Å²) < 4.78 is 5.43. The van der Waals surface area contributed by atoms with Gasteiger partial charge in [0.05, 0.1) is 6.61 Å². The number of piperidine rings is 1. The fourth-order valence-electron chi connectivity index (χ4n) is 2.80. The summed E-state index contributed by atoms with van der Waals surface area (Å²) in [6.07, 6.45) is 5.19. The number of nitrogens with zero attached hydrogens (tertiary/aromatic N) is 1. The molecule has 2 atom stereocenters. The Hall–Kier alpha value is 0.210. The molecule has 15 heavy (non-hydrogen) atoms. The van der Waals surface area contributed by atoms with Gasteiger partial charge >= 0.3 is 0 Å². The zero-order valence-corrected chi connectivity index (χ0v) is 10.2. The second-order valence-corrected chi connectivity index (χ2v) is 5.35. The SMILES string of the molecule is ClCCC1CCCN(CC2CCOC2)C1. The van der Waals surface area contributed by atoms with Crippen LogP contribution in [0.4, 0.5) is 0 Å². The highest BCUT2D eigenvalue weighted by molar-refractivity contribution is 6.17. The standard InChI is InChI=1S/C12H22ClNO/c13-5-3-11-2-1-6-14(8-11)9-12-4-7-15-10-12/h11-12H,1-10H2. The molecule has 2 fully saturated rings. The Balaban J connectivity index is 1.71. The quantitative estimate of drug-likeness (QED) is 0.689.